The molecule has 0 atom stereocenters. The summed E-state index contributed by atoms with van der Waals surface area (Å²) in [6.45, 7) is 1.08. The van der Waals surface area contributed by atoms with Crippen LogP contribution in [0.15, 0.2) is 89.4 Å². The highest BCUT2D eigenvalue weighted by molar-refractivity contribution is 9.10. The van der Waals surface area contributed by atoms with Crippen LogP contribution in [-0.2, 0) is 4.79 Å². The molecule has 7 heteroatoms. The maximum Gasteiger partial charge on any atom is 0.300 e. The van der Waals surface area contributed by atoms with E-state index >= 15 is 0 Å². The molecule has 158 valence electrons. The summed E-state index contributed by atoms with van der Waals surface area (Å²) in [6, 6.07) is 28.2. The van der Waals surface area contributed by atoms with Gasteiger partial charge in [0.1, 0.15) is 11.5 Å². The summed E-state index contributed by atoms with van der Waals surface area (Å²) in [4.78, 5) is 17.2. The molecule has 0 unspecified atom stereocenters. The van der Waals surface area contributed by atoms with Gasteiger partial charge in [-0.3, -0.25) is 4.79 Å². The molecule has 5 aromatic rings. The molecule has 2 aromatic heterocycles. The van der Waals surface area contributed by atoms with Gasteiger partial charge in [0.05, 0.1) is 16.7 Å². The number of carbonyl (C=O) groups is 1. The van der Waals surface area contributed by atoms with Crippen LogP contribution in [0, 0.1) is 0 Å². The number of aliphatic carboxylic acids is 1. The van der Waals surface area contributed by atoms with Crippen molar-refractivity contribution in [3.05, 3.63) is 89.4 Å². The summed E-state index contributed by atoms with van der Waals surface area (Å²) in [5.41, 5.74) is 6.48. The molecule has 2 N–H and O–H groups in total. The van der Waals surface area contributed by atoms with E-state index in [0.717, 1.165) is 56.3 Å². The number of nitrogens with one attached hydrogen (secondary N) is 1. The third-order valence-electron chi connectivity index (χ3n) is 4.63. The number of aromatic amines is 1. The molecule has 0 bridgehead atoms. The molecule has 0 radical (unpaired) electrons. The zero-order chi connectivity index (χ0) is 22.5. The average molecular weight is 487 g/mol. The largest absolute Gasteiger partial charge is 0.481 e. The minimum absolute atomic E-state index is 0.784. The number of aromatic nitrogens is 4. The summed E-state index contributed by atoms with van der Waals surface area (Å²) in [7, 11) is 0. The second-order valence-corrected chi connectivity index (χ2v) is 7.90. The van der Waals surface area contributed by atoms with Crippen molar-refractivity contribution in [3.8, 4) is 33.9 Å². The molecule has 0 saturated heterocycles. The monoisotopic (exact) mass is 486 g/mol. The predicted molar refractivity (Wildman–Crippen MR) is 129 cm³/mol. The van der Waals surface area contributed by atoms with Crippen molar-refractivity contribution in [3.63, 3.8) is 0 Å². The Morgan fingerprint density at radius 2 is 1.53 bits per heavy atom. The van der Waals surface area contributed by atoms with Crippen LogP contribution in [0.4, 0.5) is 0 Å². The number of carboxylic acid groups (broad SMARTS) is 1. The zero-order valence-corrected chi connectivity index (χ0v) is 18.7. The molecule has 0 saturated carbocycles. The fourth-order valence-electron chi connectivity index (χ4n) is 3.22. The molecule has 0 amide bonds. The second kappa shape index (κ2) is 9.53. The highest BCUT2D eigenvalue weighted by Gasteiger charge is 2.16. The first-order valence-electron chi connectivity index (χ1n) is 9.85. The standard InChI is InChI=1S/C23H15BrN4.C2H4O2/c24-17-12-10-16(11-13-17)22-18(23-25-19-8-4-5-9-20(19)26-23)14-21(27-28-22)15-6-2-1-3-7-15;1-2(3)4/h1-14H,(H,25,26);1H3,(H,3,4). The molecule has 0 aliphatic carbocycles. The van der Waals surface area contributed by atoms with Gasteiger partial charge in [-0.15, -0.1) is 10.2 Å². The van der Waals surface area contributed by atoms with E-state index in [4.69, 9.17) is 14.9 Å². The van der Waals surface area contributed by atoms with Crippen LogP contribution in [0.3, 0.4) is 0 Å². The topological polar surface area (TPSA) is 91.8 Å². The number of fused-ring (bicyclic) bond motifs is 1. The first-order chi connectivity index (χ1) is 15.5. The molecular formula is C25H19BrN4O2. The fraction of sp³-hybridized carbons (Fsp3) is 0.0400. The Hall–Kier alpha value is -3.84. The van der Waals surface area contributed by atoms with Gasteiger partial charge in [0.25, 0.3) is 5.97 Å². The van der Waals surface area contributed by atoms with Crippen LogP contribution in [0.1, 0.15) is 6.92 Å². The van der Waals surface area contributed by atoms with Crippen molar-refractivity contribution < 1.29 is 9.90 Å². The summed E-state index contributed by atoms with van der Waals surface area (Å²) in [5, 5.41) is 16.5. The van der Waals surface area contributed by atoms with Gasteiger partial charge in [-0.2, -0.15) is 0 Å². The maximum atomic E-state index is 9.00. The number of benzene rings is 3. The highest BCUT2D eigenvalue weighted by Crippen LogP contribution is 2.32. The van der Waals surface area contributed by atoms with Crippen molar-refractivity contribution in [2.45, 2.75) is 6.92 Å². The first-order valence-corrected chi connectivity index (χ1v) is 10.6. The quantitative estimate of drug-likeness (QED) is 0.316. The number of nitrogens with zero attached hydrogens (tertiary/aromatic N) is 3. The van der Waals surface area contributed by atoms with Crippen molar-refractivity contribution in [2.24, 2.45) is 0 Å². The van der Waals surface area contributed by atoms with Gasteiger partial charge in [0, 0.05) is 28.1 Å². The molecule has 0 spiro atoms. The van der Waals surface area contributed by atoms with Crippen LogP contribution < -0.4 is 0 Å². The number of rotatable bonds is 3. The summed E-state index contributed by atoms with van der Waals surface area (Å²) < 4.78 is 1.02. The van der Waals surface area contributed by atoms with E-state index in [1.807, 2.05) is 78.9 Å². The van der Waals surface area contributed by atoms with E-state index in [-0.39, 0.29) is 0 Å². The van der Waals surface area contributed by atoms with E-state index in [1.54, 1.807) is 0 Å². The number of para-hydroxylation sites is 2. The van der Waals surface area contributed by atoms with E-state index in [0.29, 0.717) is 0 Å². The second-order valence-electron chi connectivity index (χ2n) is 6.99. The minimum Gasteiger partial charge on any atom is -0.481 e. The molecule has 2 heterocycles. The lowest BCUT2D eigenvalue weighted by Gasteiger charge is -2.09. The third kappa shape index (κ3) is 4.90. The van der Waals surface area contributed by atoms with Crippen LogP contribution in [0.2, 0.25) is 0 Å². The summed E-state index contributed by atoms with van der Waals surface area (Å²) in [5.74, 6) is -0.0498. The maximum absolute atomic E-state index is 9.00. The van der Waals surface area contributed by atoms with Crippen molar-refractivity contribution in [1.82, 2.24) is 20.2 Å². The van der Waals surface area contributed by atoms with Gasteiger partial charge >= 0.3 is 0 Å². The molecule has 3 aromatic carbocycles. The SMILES string of the molecule is Brc1ccc(-c2nnc(-c3ccccc3)cc2-c2nc3ccccc3[nH]2)cc1.CC(=O)O. The highest BCUT2D eigenvalue weighted by atomic mass is 79.9. The smallest absolute Gasteiger partial charge is 0.300 e. The van der Waals surface area contributed by atoms with Gasteiger partial charge in [-0.25, -0.2) is 4.98 Å². The number of carboxylic acids is 1. The Morgan fingerprint density at radius 3 is 2.22 bits per heavy atom. The molecule has 5 rings (SSSR count). The van der Waals surface area contributed by atoms with Gasteiger partial charge < -0.3 is 10.1 Å². The number of hydrogen-bond donors (Lipinski definition) is 2. The van der Waals surface area contributed by atoms with Crippen LogP contribution in [0.25, 0.3) is 44.9 Å². The normalized spacial score (nSPS) is 10.4. The lowest BCUT2D eigenvalue weighted by molar-refractivity contribution is -0.134. The molecule has 32 heavy (non-hydrogen) atoms. The Balaban J connectivity index is 0.000000567. The number of hydrogen-bond acceptors (Lipinski definition) is 4. The van der Waals surface area contributed by atoms with Crippen LogP contribution in [0.5, 0.6) is 0 Å². The number of imidazole rings is 1. The Bertz CT molecular complexity index is 1330. The van der Waals surface area contributed by atoms with Gasteiger partial charge in [0.2, 0.25) is 0 Å². The van der Waals surface area contributed by atoms with E-state index in [2.05, 4.69) is 37.2 Å². The van der Waals surface area contributed by atoms with E-state index in [9.17, 15) is 0 Å². The van der Waals surface area contributed by atoms with Crippen LogP contribution >= 0.6 is 15.9 Å². The van der Waals surface area contributed by atoms with Crippen molar-refractivity contribution in [1.29, 1.82) is 0 Å². The molecule has 0 fully saturated rings. The zero-order valence-electron chi connectivity index (χ0n) is 17.2. The fourth-order valence-corrected chi connectivity index (χ4v) is 3.49. The molecule has 0 aliphatic heterocycles. The van der Waals surface area contributed by atoms with Gasteiger partial charge in [-0.1, -0.05) is 70.5 Å². The summed E-state index contributed by atoms with van der Waals surface area (Å²) >= 11 is 3.49. The van der Waals surface area contributed by atoms with Crippen molar-refractivity contribution >= 4 is 32.9 Å². The molecule has 0 aliphatic rings. The lowest BCUT2D eigenvalue weighted by atomic mass is 10.0. The molecule has 6 nitrogen and oxygen atoms in total. The van der Waals surface area contributed by atoms with Crippen molar-refractivity contribution in [2.75, 3.05) is 0 Å². The van der Waals surface area contributed by atoms with Gasteiger partial charge in [0.15, 0.2) is 0 Å². The van der Waals surface area contributed by atoms with E-state index < -0.39 is 5.97 Å². The Morgan fingerprint density at radius 1 is 0.875 bits per heavy atom. The Kier molecular flexibility index (Phi) is 6.37. The lowest BCUT2D eigenvalue weighted by Crippen LogP contribution is -1.96. The molecular weight excluding hydrogens is 468 g/mol. The first kappa shape index (κ1) is 21.4. The number of halogens is 1. The van der Waals surface area contributed by atoms with Gasteiger partial charge in [-0.05, 0) is 30.3 Å². The summed E-state index contributed by atoms with van der Waals surface area (Å²) in [6.07, 6.45) is 0. The minimum atomic E-state index is -0.833. The average Bonchev–Trinajstić information content (AvgIpc) is 3.24. The predicted octanol–water partition coefficient (Wildman–Crippen LogP) is 6.21. The van der Waals surface area contributed by atoms with Crippen LogP contribution in [-0.4, -0.2) is 31.2 Å². The van der Waals surface area contributed by atoms with E-state index in [1.165, 1.54) is 0 Å². The Labute approximate surface area is 193 Å². The third-order valence-corrected chi connectivity index (χ3v) is 5.15. The number of H-pyrrole nitrogens is 1.